The average molecular weight is 322 g/mol. The highest BCUT2D eigenvalue weighted by atomic mass is 32.2. The van der Waals surface area contributed by atoms with Gasteiger partial charge in [0.15, 0.2) is 5.03 Å². The molecule has 0 fully saturated rings. The molecule has 0 aliphatic carbocycles. The molecule has 0 aliphatic heterocycles. The second-order valence-corrected chi connectivity index (χ2v) is 7.83. The SMILES string of the molecule is CC(C)c1ccc(C(C)(C)NS(=O)(=O)c2cnnn2C)cc1. The van der Waals surface area contributed by atoms with Gasteiger partial charge in [0.2, 0.25) is 0 Å². The summed E-state index contributed by atoms with van der Waals surface area (Å²) < 4.78 is 28.9. The number of aryl methyl sites for hydroxylation is 1. The third kappa shape index (κ3) is 3.36. The Labute approximate surface area is 131 Å². The van der Waals surface area contributed by atoms with E-state index in [-0.39, 0.29) is 5.03 Å². The molecule has 1 heterocycles. The normalized spacial score (nSPS) is 12.8. The highest BCUT2D eigenvalue weighted by Crippen LogP contribution is 2.25. The van der Waals surface area contributed by atoms with Crippen LogP contribution in [0.5, 0.6) is 0 Å². The summed E-state index contributed by atoms with van der Waals surface area (Å²) in [6.07, 6.45) is 1.24. The predicted octanol–water partition coefficient (Wildman–Crippen LogP) is 2.15. The molecule has 0 aliphatic rings. The molecule has 0 atom stereocenters. The molecule has 1 N–H and O–H groups in total. The van der Waals surface area contributed by atoms with Gasteiger partial charge in [-0.05, 0) is 30.9 Å². The zero-order valence-corrected chi connectivity index (χ0v) is 14.3. The van der Waals surface area contributed by atoms with E-state index >= 15 is 0 Å². The fourth-order valence-electron chi connectivity index (χ4n) is 2.26. The van der Waals surface area contributed by atoms with Gasteiger partial charge in [0.05, 0.1) is 11.7 Å². The van der Waals surface area contributed by atoms with Crippen LogP contribution in [-0.2, 0) is 22.6 Å². The Balaban J connectivity index is 2.29. The van der Waals surface area contributed by atoms with E-state index < -0.39 is 15.6 Å². The Morgan fingerprint density at radius 2 is 1.77 bits per heavy atom. The summed E-state index contributed by atoms with van der Waals surface area (Å²) in [5.41, 5.74) is 1.38. The van der Waals surface area contributed by atoms with E-state index in [9.17, 15) is 8.42 Å². The summed E-state index contributed by atoms with van der Waals surface area (Å²) in [7, 11) is -2.14. The summed E-state index contributed by atoms with van der Waals surface area (Å²) in [6.45, 7) is 7.91. The first-order valence-electron chi connectivity index (χ1n) is 7.12. The minimum absolute atomic E-state index is 0.0411. The number of hydrogen-bond acceptors (Lipinski definition) is 4. The maximum absolute atomic E-state index is 12.5. The molecule has 0 bridgehead atoms. The van der Waals surface area contributed by atoms with Crippen LogP contribution in [0.25, 0.3) is 0 Å². The van der Waals surface area contributed by atoms with Crippen LogP contribution in [0.1, 0.15) is 44.7 Å². The van der Waals surface area contributed by atoms with Gasteiger partial charge in [-0.1, -0.05) is 43.3 Å². The molecule has 120 valence electrons. The van der Waals surface area contributed by atoms with Crippen LogP contribution in [0.3, 0.4) is 0 Å². The van der Waals surface area contributed by atoms with Crippen LogP contribution in [0.15, 0.2) is 35.5 Å². The van der Waals surface area contributed by atoms with Crippen molar-refractivity contribution in [3.63, 3.8) is 0 Å². The van der Waals surface area contributed by atoms with Crippen LogP contribution >= 0.6 is 0 Å². The first kappa shape index (κ1) is 16.6. The van der Waals surface area contributed by atoms with Crippen molar-refractivity contribution in [2.24, 2.45) is 7.05 Å². The zero-order chi connectivity index (χ0) is 16.5. The van der Waals surface area contributed by atoms with E-state index in [1.165, 1.54) is 16.4 Å². The smallest absolute Gasteiger partial charge is 0.236 e. The van der Waals surface area contributed by atoms with E-state index in [2.05, 4.69) is 28.9 Å². The van der Waals surface area contributed by atoms with Gasteiger partial charge < -0.3 is 0 Å². The molecule has 7 heteroatoms. The number of nitrogens with one attached hydrogen (secondary N) is 1. The Morgan fingerprint density at radius 3 is 2.23 bits per heavy atom. The van der Waals surface area contributed by atoms with Gasteiger partial charge in [-0.2, -0.15) is 4.72 Å². The number of sulfonamides is 1. The Morgan fingerprint density at radius 1 is 1.18 bits per heavy atom. The van der Waals surface area contributed by atoms with Crippen LogP contribution in [-0.4, -0.2) is 23.4 Å². The summed E-state index contributed by atoms with van der Waals surface area (Å²) in [6, 6.07) is 7.97. The maximum atomic E-state index is 12.5. The quantitative estimate of drug-likeness (QED) is 0.915. The lowest BCUT2D eigenvalue weighted by Crippen LogP contribution is -2.41. The molecule has 1 aromatic heterocycles. The van der Waals surface area contributed by atoms with E-state index in [1.54, 1.807) is 7.05 Å². The molecular weight excluding hydrogens is 300 g/mol. The van der Waals surface area contributed by atoms with E-state index in [0.717, 1.165) is 5.56 Å². The topological polar surface area (TPSA) is 76.9 Å². The Bertz CT molecular complexity index is 746. The summed E-state index contributed by atoms with van der Waals surface area (Å²) in [5, 5.41) is 7.32. The minimum atomic E-state index is -3.69. The first-order valence-corrected chi connectivity index (χ1v) is 8.61. The lowest BCUT2D eigenvalue weighted by atomic mass is 9.93. The van der Waals surface area contributed by atoms with Gasteiger partial charge in [0.1, 0.15) is 0 Å². The predicted molar refractivity (Wildman–Crippen MR) is 84.9 cm³/mol. The van der Waals surface area contributed by atoms with Crippen molar-refractivity contribution in [3.8, 4) is 0 Å². The molecule has 2 aromatic rings. The lowest BCUT2D eigenvalue weighted by Gasteiger charge is -2.26. The molecule has 0 saturated carbocycles. The van der Waals surface area contributed by atoms with Crippen molar-refractivity contribution in [2.45, 2.75) is 44.2 Å². The second-order valence-electron chi connectivity index (χ2n) is 6.20. The minimum Gasteiger partial charge on any atom is -0.236 e. The fourth-order valence-corrected chi connectivity index (χ4v) is 3.72. The summed E-state index contributed by atoms with van der Waals surface area (Å²) in [4.78, 5) is 0. The summed E-state index contributed by atoms with van der Waals surface area (Å²) >= 11 is 0. The van der Waals surface area contributed by atoms with E-state index in [1.807, 2.05) is 38.1 Å². The first-order chi connectivity index (χ1) is 10.1. The van der Waals surface area contributed by atoms with Crippen LogP contribution in [0.2, 0.25) is 0 Å². The molecule has 0 saturated heterocycles. The third-order valence-corrected chi connectivity index (χ3v) is 5.34. The van der Waals surface area contributed by atoms with Crippen molar-refractivity contribution in [2.75, 3.05) is 0 Å². The highest BCUT2D eigenvalue weighted by Gasteiger charge is 2.30. The van der Waals surface area contributed by atoms with Crippen molar-refractivity contribution in [1.29, 1.82) is 0 Å². The summed E-state index contributed by atoms with van der Waals surface area (Å²) in [5.74, 6) is 0.439. The van der Waals surface area contributed by atoms with Crippen molar-refractivity contribution >= 4 is 10.0 Å². The van der Waals surface area contributed by atoms with Gasteiger partial charge in [0.25, 0.3) is 10.0 Å². The lowest BCUT2D eigenvalue weighted by molar-refractivity contribution is 0.466. The van der Waals surface area contributed by atoms with Gasteiger partial charge in [-0.15, -0.1) is 5.10 Å². The molecule has 0 spiro atoms. The molecule has 2 rings (SSSR count). The van der Waals surface area contributed by atoms with Crippen molar-refractivity contribution < 1.29 is 8.42 Å². The molecule has 0 amide bonds. The number of benzene rings is 1. The second kappa shape index (κ2) is 5.81. The fraction of sp³-hybridized carbons (Fsp3) is 0.467. The molecule has 22 heavy (non-hydrogen) atoms. The Hall–Kier alpha value is -1.73. The van der Waals surface area contributed by atoms with Crippen LogP contribution in [0, 0.1) is 0 Å². The number of hydrogen-bond donors (Lipinski definition) is 1. The van der Waals surface area contributed by atoms with Crippen LogP contribution < -0.4 is 4.72 Å². The molecule has 6 nitrogen and oxygen atoms in total. The van der Waals surface area contributed by atoms with E-state index in [4.69, 9.17) is 0 Å². The number of rotatable bonds is 5. The average Bonchev–Trinajstić information content (AvgIpc) is 2.85. The monoisotopic (exact) mass is 322 g/mol. The third-order valence-electron chi connectivity index (χ3n) is 3.64. The largest absolute Gasteiger partial charge is 0.260 e. The van der Waals surface area contributed by atoms with E-state index in [0.29, 0.717) is 5.92 Å². The molecular formula is C15H22N4O2S. The standard InChI is InChI=1S/C15H22N4O2S/c1-11(2)12-6-8-13(9-7-12)15(3,4)17-22(20,21)14-10-16-18-19(14)5/h6-11,17H,1-5H3. The van der Waals surface area contributed by atoms with Gasteiger partial charge in [0, 0.05) is 7.05 Å². The van der Waals surface area contributed by atoms with Crippen LogP contribution in [0.4, 0.5) is 0 Å². The van der Waals surface area contributed by atoms with Gasteiger partial charge in [-0.25, -0.2) is 13.1 Å². The number of aromatic nitrogens is 3. The maximum Gasteiger partial charge on any atom is 0.260 e. The molecule has 0 radical (unpaired) electrons. The van der Waals surface area contributed by atoms with Gasteiger partial charge in [-0.3, -0.25) is 0 Å². The van der Waals surface area contributed by atoms with Gasteiger partial charge >= 0.3 is 0 Å². The zero-order valence-electron chi connectivity index (χ0n) is 13.5. The number of nitrogens with zero attached hydrogens (tertiary/aromatic N) is 3. The van der Waals surface area contributed by atoms with Crippen molar-refractivity contribution in [3.05, 3.63) is 41.6 Å². The van der Waals surface area contributed by atoms with Crippen molar-refractivity contribution in [1.82, 2.24) is 19.7 Å². The molecule has 1 aromatic carbocycles. The molecule has 0 unspecified atom stereocenters. The Kier molecular flexibility index (Phi) is 4.39. The highest BCUT2D eigenvalue weighted by molar-refractivity contribution is 7.89.